The number of carbonyl (C=O) groups is 8. The zero-order valence-electron chi connectivity index (χ0n) is 56.3. The number of rotatable bonds is 27. The molecule has 0 spiro atoms. The standard InChI is InChI=1S/C24H27ClFN5O4.C14H20ClFN2O2.C10H9Cl2FO.C10H9N3O3.C5H13NO.CH2O3.2K.H/c1-14(2)19(13-32)30(11-20(33)28-10-15-6-5-8-17(25)22(15)26)21(34)12-31-18-9-4-3-7-16(18)23(29-31)24(27)35;1-9(2)12(8-19)17-7-13(20)18-6-10-4-3-5-11(15)14(10)16;11-6-8(14)5-4-7-2-1-3-9(12)10(7)13;11-10(16)9-6-3-1-2-4-7(6)13(12-9)5-8(14)15;1-4(2)5(6)3-7;2-1-4-3;;;/h3-9,14,19,32H,10-13H2,1-2H3,(H2,27,35)(H,28,33);3-5,9,12,17,19H,6-8H2,1-2H3,(H,18,20);1-3H,4-6H2;1-4H,5H2,(H2,11,16)(H,14,15);4-5,7H,3,6H2,1-2H3;1,3H;;;/q;;;;;;2*+1;-1/p-1/t19-;12-;;;5-;;;;/m00..0..../s1. The molecule has 98 heavy (non-hydrogen) atoms. The van der Waals surface area contributed by atoms with Crippen molar-refractivity contribution in [3.05, 3.63) is 164 Å². The number of hydrogen-bond donors (Lipinski definition) is 10. The van der Waals surface area contributed by atoms with Crippen LogP contribution in [-0.2, 0) is 66.3 Å². The Hall–Kier alpha value is -5.02. The van der Waals surface area contributed by atoms with Gasteiger partial charge < -0.3 is 70.0 Å². The Kier molecular flexibility index (Phi) is 47.0. The van der Waals surface area contributed by atoms with Crippen molar-refractivity contribution in [1.82, 2.24) is 40.4 Å². The maximum absolute atomic E-state index is 14.1. The number of ketones is 1. The number of alkyl halides is 1. The Balaban J connectivity index is 0. The molecule has 25 nitrogen and oxygen atoms in total. The molecule has 0 fully saturated rings. The molecular formula is C64H80Cl4F3K2N11O14. The van der Waals surface area contributed by atoms with Gasteiger partial charge in [-0.15, -0.1) is 11.6 Å². The van der Waals surface area contributed by atoms with Crippen molar-refractivity contribution in [3.8, 4) is 0 Å². The van der Waals surface area contributed by atoms with E-state index < -0.39 is 53.1 Å². The predicted molar refractivity (Wildman–Crippen MR) is 355 cm³/mol. The van der Waals surface area contributed by atoms with Gasteiger partial charge in [-0.05, 0) is 60.1 Å². The van der Waals surface area contributed by atoms with Gasteiger partial charge in [0, 0.05) is 53.5 Å². The van der Waals surface area contributed by atoms with E-state index in [-0.39, 0.29) is 250 Å². The van der Waals surface area contributed by atoms with Gasteiger partial charge in [-0.25, -0.2) is 13.2 Å². The number of carbonyl (C=O) groups excluding carboxylic acids is 7. The van der Waals surface area contributed by atoms with Crippen LogP contribution in [0.3, 0.4) is 0 Å². The first kappa shape index (κ1) is 93.0. The summed E-state index contributed by atoms with van der Waals surface area (Å²) in [6, 6.07) is 26.7. The third kappa shape index (κ3) is 31.9. The van der Waals surface area contributed by atoms with Crippen LogP contribution in [0.1, 0.15) is 87.1 Å². The first-order valence-corrected chi connectivity index (χ1v) is 31.1. The van der Waals surface area contributed by atoms with Gasteiger partial charge in [0.2, 0.25) is 17.7 Å². The van der Waals surface area contributed by atoms with Crippen LogP contribution < -0.4 is 141 Å². The van der Waals surface area contributed by atoms with E-state index in [1.165, 1.54) is 38.5 Å². The zero-order valence-corrected chi connectivity index (χ0v) is 64.6. The normalized spacial score (nSPS) is 11.3. The summed E-state index contributed by atoms with van der Waals surface area (Å²) in [4.78, 5) is 94.6. The van der Waals surface area contributed by atoms with Crippen LogP contribution in [0.25, 0.3) is 21.8 Å². The summed E-state index contributed by atoms with van der Waals surface area (Å²) >= 11 is 22.3. The van der Waals surface area contributed by atoms with Crippen molar-refractivity contribution >= 4 is 116 Å². The molecule has 7 rings (SSSR count). The van der Waals surface area contributed by atoms with Gasteiger partial charge in [-0.2, -0.15) is 10.2 Å². The first-order valence-electron chi connectivity index (χ1n) is 29.4. The summed E-state index contributed by atoms with van der Waals surface area (Å²) in [5, 5.41) is 61.9. The average Bonchev–Trinajstić information content (AvgIpc) is 1.66. The number of carboxylic acids is 1. The number of hydrogen-bond acceptors (Lipinski definition) is 17. The first-order chi connectivity index (χ1) is 45.4. The number of halogens is 7. The van der Waals surface area contributed by atoms with Crippen LogP contribution in [0.2, 0.25) is 15.1 Å². The van der Waals surface area contributed by atoms with Gasteiger partial charge in [-0.1, -0.05) is 149 Å². The molecule has 0 unspecified atom stereocenters. The number of benzene rings is 5. The molecule has 0 aliphatic heterocycles. The van der Waals surface area contributed by atoms with Gasteiger partial charge >= 0.3 is 109 Å². The molecular weight excluding hydrogens is 1420 g/mol. The van der Waals surface area contributed by atoms with E-state index in [0.717, 1.165) is 0 Å². The van der Waals surface area contributed by atoms with Gasteiger partial charge in [0.05, 0.1) is 70.9 Å². The number of amides is 5. The zero-order chi connectivity index (χ0) is 72.4. The number of aliphatic carboxylic acids is 1. The minimum absolute atomic E-state index is 0. The van der Waals surface area contributed by atoms with Crippen LogP contribution in [0.4, 0.5) is 13.2 Å². The van der Waals surface area contributed by atoms with Crippen LogP contribution in [0.15, 0.2) is 103 Å². The summed E-state index contributed by atoms with van der Waals surface area (Å²) in [5.74, 6) is -4.98. The Morgan fingerprint density at radius 2 is 1.07 bits per heavy atom. The number of fused-ring (bicyclic) bond motifs is 2. The second-order valence-electron chi connectivity index (χ2n) is 21.7. The van der Waals surface area contributed by atoms with Crippen molar-refractivity contribution in [2.75, 3.05) is 38.8 Å². The van der Waals surface area contributed by atoms with E-state index in [0.29, 0.717) is 45.3 Å². The Morgan fingerprint density at radius 1 is 0.643 bits per heavy atom. The Bertz CT molecular complexity index is 3700. The van der Waals surface area contributed by atoms with Crippen molar-refractivity contribution in [3.63, 3.8) is 0 Å². The van der Waals surface area contributed by atoms with Crippen LogP contribution >= 0.6 is 46.4 Å². The molecule has 3 atom stereocenters. The molecule has 0 radical (unpaired) electrons. The maximum atomic E-state index is 14.1. The Morgan fingerprint density at radius 3 is 1.44 bits per heavy atom. The summed E-state index contributed by atoms with van der Waals surface area (Å²) in [5.41, 5.74) is 18.2. The quantitative estimate of drug-likeness (QED) is 0.0104. The van der Waals surface area contributed by atoms with E-state index in [1.807, 2.05) is 41.5 Å². The van der Waals surface area contributed by atoms with Gasteiger partial charge in [0.1, 0.15) is 36.3 Å². The average molecular weight is 1500 g/mol. The smallest absolute Gasteiger partial charge is 1.00 e. The molecule has 0 aliphatic carbocycles. The predicted octanol–water partition coefficient (Wildman–Crippen LogP) is -0.252. The van der Waals surface area contributed by atoms with Crippen molar-refractivity contribution in [2.24, 2.45) is 35.0 Å². The van der Waals surface area contributed by atoms with Gasteiger partial charge in [0.25, 0.3) is 18.3 Å². The molecule has 5 aromatic carbocycles. The van der Waals surface area contributed by atoms with Gasteiger partial charge in [-0.3, -0.25) is 47.7 Å². The number of primary amides is 2. The maximum Gasteiger partial charge on any atom is 1.00 e. The van der Waals surface area contributed by atoms with Crippen molar-refractivity contribution in [2.45, 2.75) is 98.7 Å². The number of aryl methyl sites for hydroxylation is 1. The van der Waals surface area contributed by atoms with Crippen LogP contribution in [-0.4, -0.2) is 150 Å². The molecule has 0 aliphatic rings. The number of para-hydroxylation sites is 2. The monoisotopic (exact) mass is 1500 g/mol. The van der Waals surface area contributed by atoms with E-state index in [2.05, 4.69) is 31.0 Å². The van der Waals surface area contributed by atoms with E-state index in [9.17, 15) is 51.8 Å². The second kappa shape index (κ2) is 49.5. The number of nitrogens with zero attached hydrogens (tertiary/aromatic N) is 5. The third-order valence-electron chi connectivity index (χ3n) is 13.8. The number of aromatic nitrogens is 4. The molecule has 0 bridgehead atoms. The fraction of sp³-hybridized carbons (Fsp3) is 0.375. The van der Waals surface area contributed by atoms with Gasteiger partial charge in [0.15, 0.2) is 11.4 Å². The van der Waals surface area contributed by atoms with Crippen LogP contribution in [0, 0.1) is 35.2 Å². The SMILES string of the molecule is CC(C)[C@@H](N)CO.CC(C)[C@H](CO)N(CC(=O)NCc1cccc(Cl)c1F)C(=O)Cn1nc(C(N)=O)c2ccccc21.CC(C)[C@H](CO)NCC(=O)NCc1cccc(Cl)c1F.NC(=O)c1nn(CC(=O)O)c2ccccc12.O=C(CCl)CCc1cccc(Cl)c1F.O=CO[O-].[H-].[K+].[K+]. The second-order valence-corrected chi connectivity index (χ2v) is 23.2. The topological polar surface area (TPSA) is 403 Å². The molecule has 7 aromatic rings. The summed E-state index contributed by atoms with van der Waals surface area (Å²) in [7, 11) is 0. The largest absolute Gasteiger partial charge is 1.00 e. The number of carboxylic acid groups (broad SMARTS) is 1. The van der Waals surface area contributed by atoms with E-state index >= 15 is 0 Å². The molecule has 2 aromatic heterocycles. The van der Waals surface area contributed by atoms with Crippen molar-refractivity contribution < 1.29 is 186 Å². The molecule has 0 saturated carbocycles. The summed E-state index contributed by atoms with van der Waals surface area (Å²) in [6.07, 6.45) is 0.596. The molecule has 13 N–H and O–H groups in total. The molecule has 2 heterocycles. The summed E-state index contributed by atoms with van der Waals surface area (Å²) in [6.45, 7) is 10.1. The number of Topliss-reactive ketones (excluding diaryl/α,β-unsaturated/α-hetero) is 1. The summed E-state index contributed by atoms with van der Waals surface area (Å²) < 4.78 is 43.6. The fourth-order valence-corrected chi connectivity index (χ4v) is 9.04. The third-order valence-corrected chi connectivity index (χ3v) is 15.0. The Labute approximate surface area is 671 Å². The number of aliphatic hydroxyl groups is 3. The van der Waals surface area contributed by atoms with Crippen LogP contribution in [0.5, 0.6) is 0 Å². The number of nitrogens with one attached hydrogen (secondary N) is 3. The molecule has 526 valence electrons. The van der Waals surface area contributed by atoms with Crippen molar-refractivity contribution in [1.29, 1.82) is 0 Å². The van der Waals surface area contributed by atoms with E-state index in [1.54, 1.807) is 78.9 Å². The number of nitrogens with two attached hydrogens (primary N) is 3. The minimum Gasteiger partial charge on any atom is -1.00 e. The van der Waals surface area contributed by atoms with E-state index in [4.69, 9.17) is 89.0 Å². The minimum atomic E-state index is -1.02. The molecule has 5 amide bonds. The number of aliphatic hydroxyl groups excluding tert-OH is 3. The molecule has 34 heteroatoms. The fourth-order valence-electron chi connectivity index (χ4n) is 8.33. The molecule has 0 saturated heterocycles.